The molecule has 1 fully saturated rings. The standard InChI is InChI=1S/C24H28F3NO2/c1-4-17-15-19(23(29)30-3)7-10-21(17)22(28-13-11-16(2)12-14-28)18-5-8-20(9-6-18)24(25,26)27/h5-10,15-16,22H,4,11-14H2,1-3H3. The number of piperidine rings is 1. The first-order valence-electron chi connectivity index (χ1n) is 10.4. The average Bonchev–Trinajstić information content (AvgIpc) is 2.74. The van der Waals surface area contributed by atoms with Crippen LogP contribution in [0.5, 0.6) is 0 Å². The van der Waals surface area contributed by atoms with E-state index in [1.54, 1.807) is 18.2 Å². The zero-order valence-corrected chi connectivity index (χ0v) is 17.6. The van der Waals surface area contributed by atoms with Crippen LogP contribution in [0.4, 0.5) is 13.2 Å². The van der Waals surface area contributed by atoms with Gasteiger partial charge in [0.05, 0.1) is 24.3 Å². The quantitative estimate of drug-likeness (QED) is 0.567. The summed E-state index contributed by atoms with van der Waals surface area (Å²) >= 11 is 0. The van der Waals surface area contributed by atoms with Crippen LogP contribution >= 0.6 is 0 Å². The fourth-order valence-corrected chi connectivity index (χ4v) is 4.15. The van der Waals surface area contributed by atoms with E-state index in [1.807, 2.05) is 19.1 Å². The first-order chi connectivity index (χ1) is 14.2. The lowest BCUT2D eigenvalue weighted by molar-refractivity contribution is -0.137. The van der Waals surface area contributed by atoms with E-state index < -0.39 is 17.7 Å². The van der Waals surface area contributed by atoms with Crippen molar-refractivity contribution < 1.29 is 22.7 Å². The molecule has 1 unspecified atom stereocenters. The van der Waals surface area contributed by atoms with Gasteiger partial charge in [0.1, 0.15) is 0 Å². The number of esters is 1. The predicted octanol–water partition coefficient (Wildman–Crippen LogP) is 5.88. The summed E-state index contributed by atoms with van der Waals surface area (Å²) in [6.07, 6.45) is -1.54. The number of nitrogens with zero attached hydrogens (tertiary/aromatic N) is 1. The largest absolute Gasteiger partial charge is 0.465 e. The molecule has 3 nitrogen and oxygen atoms in total. The summed E-state index contributed by atoms with van der Waals surface area (Å²) in [5.41, 5.74) is 2.70. The number of carbonyl (C=O) groups excluding carboxylic acids is 1. The average molecular weight is 419 g/mol. The van der Waals surface area contributed by atoms with E-state index in [0.29, 0.717) is 17.9 Å². The van der Waals surface area contributed by atoms with Crippen LogP contribution in [0.2, 0.25) is 0 Å². The van der Waals surface area contributed by atoms with Crippen LogP contribution in [-0.2, 0) is 17.3 Å². The Morgan fingerprint density at radius 1 is 1.13 bits per heavy atom. The number of benzene rings is 2. The molecule has 0 spiro atoms. The lowest BCUT2D eigenvalue weighted by atomic mass is 9.88. The summed E-state index contributed by atoms with van der Waals surface area (Å²) in [6, 6.07) is 10.8. The topological polar surface area (TPSA) is 29.5 Å². The number of halogens is 3. The van der Waals surface area contributed by atoms with E-state index in [0.717, 1.165) is 54.8 Å². The fraction of sp³-hybridized carbons (Fsp3) is 0.458. The Hall–Kier alpha value is -2.34. The lowest BCUT2D eigenvalue weighted by Gasteiger charge is -2.38. The van der Waals surface area contributed by atoms with Crippen LogP contribution in [-0.4, -0.2) is 31.1 Å². The molecular formula is C24H28F3NO2. The van der Waals surface area contributed by atoms with Crippen LogP contribution in [0, 0.1) is 5.92 Å². The van der Waals surface area contributed by atoms with E-state index in [2.05, 4.69) is 11.8 Å². The van der Waals surface area contributed by atoms with Gasteiger partial charge < -0.3 is 4.74 Å². The van der Waals surface area contributed by atoms with Crippen molar-refractivity contribution in [3.63, 3.8) is 0 Å². The van der Waals surface area contributed by atoms with Crippen molar-refractivity contribution in [2.75, 3.05) is 20.2 Å². The minimum Gasteiger partial charge on any atom is -0.465 e. The molecule has 1 heterocycles. The van der Waals surface area contributed by atoms with Crippen molar-refractivity contribution >= 4 is 5.97 Å². The zero-order chi connectivity index (χ0) is 21.9. The minimum atomic E-state index is -4.36. The van der Waals surface area contributed by atoms with E-state index >= 15 is 0 Å². The van der Waals surface area contributed by atoms with Gasteiger partial charge in [-0.2, -0.15) is 13.2 Å². The zero-order valence-electron chi connectivity index (χ0n) is 17.6. The van der Waals surface area contributed by atoms with Gasteiger partial charge in [0.25, 0.3) is 0 Å². The third-order valence-electron chi connectivity index (χ3n) is 5.98. The second-order valence-corrected chi connectivity index (χ2v) is 8.00. The molecule has 1 aliphatic heterocycles. The molecule has 0 aliphatic carbocycles. The van der Waals surface area contributed by atoms with Crippen LogP contribution in [0.3, 0.4) is 0 Å². The number of aryl methyl sites for hydroxylation is 1. The summed E-state index contributed by atoms with van der Waals surface area (Å²) in [5.74, 6) is 0.246. The number of rotatable bonds is 5. The number of methoxy groups -OCH3 is 1. The van der Waals surface area contributed by atoms with Crippen molar-refractivity contribution in [2.45, 2.75) is 45.3 Å². The molecular weight excluding hydrogens is 391 g/mol. The second-order valence-electron chi connectivity index (χ2n) is 8.00. The molecule has 2 aromatic rings. The third-order valence-corrected chi connectivity index (χ3v) is 5.98. The monoisotopic (exact) mass is 419 g/mol. The first kappa shape index (κ1) is 22.3. The predicted molar refractivity (Wildman–Crippen MR) is 110 cm³/mol. The molecule has 0 radical (unpaired) electrons. The van der Waals surface area contributed by atoms with Gasteiger partial charge in [0.15, 0.2) is 0 Å². The van der Waals surface area contributed by atoms with Crippen molar-refractivity contribution in [2.24, 2.45) is 5.92 Å². The molecule has 6 heteroatoms. The molecule has 2 aromatic carbocycles. The van der Waals surface area contributed by atoms with Crippen LogP contribution in [0.25, 0.3) is 0 Å². The van der Waals surface area contributed by atoms with Crippen LogP contribution in [0.15, 0.2) is 42.5 Å². The van der Waals surface area contributed by atoms with Crippen molar-refractivity contribution in [3.05, 3.63) is 70.3 Å². The van der Waals surface area contributed by atoms with Crippen LogP contribution in [0.1, 0.15) is 65.3 Å². The van der Waals surface area contributed by atoms with E-state index in [1.165, 1.54) is 7.11 Å². The van der Waals surface area contributed by atoms with Gasteiger partial charge >= 0.3 is 12.1 Å². The van der Waals surface area contributed by atoms with Crippen molar-refractivity contribution in [3.8, 4) is 0 Å². The van der Waals surface area contributed by atoms with Gasteiger partial charge in [0, 0.05) is 0 Å². The molecule has 1 atom stereocenters. The maximum Gasteiger partial charge on any atom is 0.416 e. The molecule has 3 rings (SSSR count). The second kappa shape index (κ2) is 9.21. The number of ether oxygens (including phenoxy) is 1. The highest BCUT2D eigenvalue weighted by Gasteiger charge is 2.32. The van der Waals surface area contributed by atoms with Crippen LogP contribution < -0.4 is 0 Å². The van der Waals surface area contributed by atoms with Gasteiger partial charge in [-0.05, 0) is 79.2 Å². The number of hydrogen-bond acceptors (Lipinski definition) is 3. The summed E-state index contributed by atoms with van der Waals surface area (Å²) in [6.45, 7) is 6.01. The molecule has 0 amide bonds. The lowest BCUT2D eigenvalue weighted by Crippen LogP contribution is -2.37. The van der Waals surface area contributed by atoms with Gasteiger partial charge in [0.2, 0.25) is 0 Å². The number of carbonyl (C=O) groups is 1. The number of hydrogen-bond donors (Lipinski definition) is 0. The van der Waals surface area contributed by atoms with E-state index in [9.17, 15) is 18.0 Å². The Morgan fingerprint density at radius 2 is 1.77 bits per heavy atom. The highest BCUT2D eigenvalue weighted by atomic mass is 19.4. The smallest absolute Gasteiger partial charge is 0.416 e. The summed E-state index contributed by atoms with van der Waals surface area (Å²) in [5, 5.41) is 0. The summed E-state index contributed by atoms with van der Waals surface area (Å²) < 4.78 is 44.0. The highest BCUT2D eigenvalue weighted by molar-refractivity contribution is 5.89. The van der Waals surface area contributed by atoms with Gasteiger partial charge in [-0.3, -0.25) is 4.90 Å². The Balaban J connectivity index is 2.05. The number of likely N-dealkylation sites (tertiary alicyclic amines) is 1. The Bertz CT molecular complexity index is 869. The van der Waals surface area contributed by atoms with Gasteiger partial charge in [-0.1, -0.05) is 32.0 Å². The fourth-order valence-electron chi connectivity index (χ4n) is 4.15. The summed E-state index contributed by atoms with van der Waals surface area (Å²) in [7, 11) is 1.35. The van der Waals surface area contributed by atoms with Crippen molar-refractivity contribution in [1.82, 2.24) is 4.90 Å². The molecule has 162 valence electrons. The number of alkyl halides is 3. The highest BCUT2D eigenvalue weighted by Crippen LogP contribution is 2.36. The Labute approximate surface area is 175 Å². The molecule has 0 saturated carbocycles. The van der Waals surface area contributed by atoms with Crippen molar-refractivity contribution in [1.29, 1.82) is 0 Å². The van der Waals surface area contributed by atoms with Gasteiger partial charge in [-0.15, -0.1) is 0 Å². The maximum atomic E-state index is 13.1. The molecule has 0 aromatic heterocycles. The molecule has 1 aliphatic rings. The molecule has 1 saturated heterocycles. The molecule has 0 N–H and O–H groups in total. The SMILES string of the molecule is CCc1cc(C(=O)OC)ccc1C(c1ccc(C(F)(F)F)cc1)N1CCC(C)CC1. The molecule has 30 heavy (non-hydrogen) atoms. The molecule has 0 bridgehead atoms. The maximum absolute atomic E-state index is 13.1. The minimum absolute atomic E-state index is 0.151. The first-order valence-corrected chi connectivity index (χ1v) is 10.4. The van der Waals surface area contributed by atoms with Gasteiger partial charge in [-0.25, -0.2) is 4.79 Å². The van der Waals surface area contributed by atoms with E-state index in [-0.39, 0.29) is 6.04 Å². The van der Waals surface area contributed by atoms with E-state index in [4.69, 9.17) is 4.74 Å². The normalized spacial score (nSPS) is 17.0. The Kier molecular flexibility index (Phi) is 6.86. The third kappa shape index (κ3) is 4.86. The Morgan fingerprint density at radius 3 is 2.30 bits per heavy atom. The summed E-state index contributed by atoms with van der Waals surface area (Å²) in [4.78, 5) is 14.3.